The molecule has 0 bridgehead atoms. The molecule has 4 nitrogen and oxygen atoms in total. The Bertz CT molecular complexity index is 589. The minimum Gasteiger partial charge on any atom is -0.495 e. The molecule has 1 aliphatic rings. The Balaban J connectivity index is 2.20. The van der Waals surface area contributed by atoms with Gasteiger partial charge < -0.3 is 4.74 Å². The van der Waals surface area contributed by atoms with Crippen molar-refractivity contribution in [2.75, 3.05) is 7.11 Å². The molecule has 1 fully saturated rings. The predicted octanol–water partition coefficient (Wildman–Crippen LogP) is 3.70. The fraction of sp³-hybridized carbons (Fsp3) is 0.600. The molecule has 0 radical (unpaired) electrons. The Morgan fingerprint density at radius 1 is 1.38 bits per heavy atom. The zero-order valence-corrected chi connectivity index (χ0v) is 14.8. The summed E-state index contributed by atoms with van der Waals surface area (Å²) in [6.45, 7) is 2.17. The average Bonchev–Trinajstić information content (AvgIpc) is 2.47. The van der Waals surface area contributed by atoms with Crippen LogP contribution in [0.3, 0.4) is 0 Å². The fourth-order valence-electron chi connectivity index (χ4n) is 2.91. The van der Waals surface area contributed by atoms with E-state index in [4.69, 9.17) is 4.74 Å². The van der Waals surface area contributed by atoms with Crippen LogP contribution in [0.5, 0.6) is 5.75 Å². The predicted molar refractivity (Wildman–Crippen MR) is 87.1 cm³/mol. The first-order valence-electron chi connectivity index (χ1n) is 7.32. The van der Waals surface area contributed by atoms with Gasteiger partial charge in [-0.1, -0.05) is 42.1 Å². The number of hydrogen-bond donors (Lipinski definition) is 1. The number of benzene rings is 1. The lowest BCUT2D eigenvalue weighted by molar-refractivity contribution is 0.301. The van der Waals surface area contributed by atoms with Crippen molar-refractivity contribution in [2.24, 2.45) is 5.92 Å². The van der Waals surface area contributed by atoms with Gasteiger partial charge in [-0.25, -0.2) is 13.1 Å². The van der Waals surface area contributed by atoms with E-state index in [1.165, 1.54) is 13.5 Å². The molecule has 0 aliphatic heterocycles. The zero-order valence-electron chi connectivity index (χ0n) is 12.4. The maximum Gasteiger partial charge on any atom is 0.244 e. The molecule has 2 rings (SSSR count). The average molecular weight is 376 g/mol. The molecule has 0 heterocycles. The van der Waals surface area contributed by atoms with Gasteiger partial charge in [0.25, 0.3) is 0 Å². The molecule has 1 saturated carbocycles. The van der Waals surface area contributed by atoms with Gasteiger partial charge in [0.1, 0.15) is 10.6 Å². The highest BCUT2D eigenvalue weighted by molar-refractivity contribution is 9.10. The van der Waals surface area contributed by atoms with Gasteiger partial charge >= 0.3 is 0 Å². The van der Waals surface area contributed by atoms with Gasteiger partial charge in [0.15, 0.2) is 0 Å². The van der Waals surface area contributed by atoms with Gasteiger partial charge in [-0.05, 0) is 37.0 Å². The standard InChI is InChI=1S/C15H22BrNO3S/c1-3-11-5-4-6-13(9-11)17-21(18,19)15-10-12(16)7-8-14(15)20-2/h7-8,10-11,13,17H,3-6,9H2,1-2H3. The van der Waals surface area contributed by atoms with Crippen molar-refractivity contribution in [3.63, 3.8) is 0 Å². The smallest absolute Gasteiger partial charge is 0.244 e. The Morgan fingerprint density at radius 2 is 2.14 bits per heavy atom. The molecule has 0 spiro atoms. The highest BCUT2D eigenvalue weighted by Crippen LogP contribution is 2.30. The van der Waals surface area contributed by atoms with Gasteiger partial charge in [0.2, 0.25) is 10.0 Å². The number of halogens is 1. The van der Waals surface area contributed by atoms with Gasteiger partial charge in [0, 0.05) is 10.5 Å². The first kappa shape index (κ1) is 16.8. The number of hydrogen-bond acceptors (Lipinski definition) is 3. The summed E-state index contributed by atoms with van der Waals surface area (Å²) < 4.78 is 34.0. The minimum atomic E-state index is -3.56. The van der Waals surface area contributed by atoms with E-state index >= 15 is 0 Å². The van der Waals surface area contributed by atoms with Crippen molar-refractivity contribution >= 4 is 26.0 Å². The molecule has 21 heavy (non-hydrogen) atoms. The van der Waals surface area contributed by atoms with Crippen LogP contribution in [-0.4, -0.2) is 21.6 Å². The largest absolute Gasteiger partial charge is 0.495 e. The summed E-state index contributed by atoms with van der Waals surface area (Å²) in [5.74, 6) is 0.990. The van der Waals surface area contributed by atoms with Gasteiger partial charge in [0.05, 0.1) is 7.11 Å². The molecule has 1 aromatic carbocycles. The van der Waals surface area contributed by atoms with Crippen LogP contribution in [0.25, 0.3) is 0 Å². The topological polar surface area (TPSA) is 55.4 Å². The highest BCUT2D eigenvalue weighted by atomic mass is 79.9. The number of nitrogens with one attached hydrogen (secondary N) is 1. The van der Waals surface area contributed by atoms with E-state index in [9.17, 15) is 8.42 Å². The molecule has 2 atom stereocenters. The van der Waals surface area contributed by atoms with Crippen LogP contribution >= 0.6 is 15.9 Å². The molecule has 0 amide bonds. The molecule has 1 aliphatic carbocycles. The molecular weight excluding hydrogens is 354 g/mol. The fourth-order valence-corrected chi connectivity index (χ4v) is 4.90. The summed E-state index contributed by atoms with van der Waals surface area (Å²) in [6, 6.07) is 5.04. The van der Waals surface area contributed by atoms with E-state index in [1.54, 1.807) is 18.2 Å². The van der Waals surface area contributed by atoms with Crippen molar-refractivity contribution in [2.45, 2.75) is 50.0 Å². The first-order valence-corrected chi connectivity index (χ1v) is 9.59. The number of sulfonamides is 1. The summed E-state index contributed by atoms with van der Waals surface area (Å²) in [4.78, 5) is 0.193. The van der Waals surface area contributed by atoms with E-state index in [0.717, 1.165) is 30.2 Å². The summed E-state index contributed by atoms with van der Waals surface area (Å²) in [6.07, 6.45) is 5.23. The van der Waals surface area contributed by atoms with E-state index in [-0.39, 0.29) is 10.9 Å². The zero-order chi connectivity index (χ0) is 15.5. The maximum atomic E-state index is 12.6. The van der Waals surface area contributed by atoms with Crippen molar-refractivity contribution in [1.29, 1.82) is 0 Å². The summed E-state index contributed by atoms with van der Waals surface area (Å²) in [5, 5.41) is 0. The third kappa shape index (κ3) is 4.20. The highest BCUT2D eigenvalue weighted by Gasteiger charge is 2.27. The van der Waals surface area contributed by atoms with Crippen molar-refractivity contribution < 1.29 is 13.2 Å². The van der Waals surface area contributed by atoms with E-state index < -0.39 is 10.0 Å². The molecule has 6 heteroatoms. The quantitative estimate of drug-likeness (QED) is 0.853. The van der Waals surface area contributed by atoms with Crippen molar-refractivity contribution in [3.8, 4) is 5.75 Å². The van der Waals surface area contributed by atoms with Crippen LogP contribution in [0.1, 0.15) is 39.0 Å². The molecule has 1 aromatic rings. The monoisotopic (exact) mass is 375 g/mol. The van der Waals surface area contributed by atoms with Crippen molar-refractivity contribution in [3.05, 3.63) is 22.7 Å². The first-order chi connectivity index (χ1) is 9.96. The number of methoxy groups -OCH3 is 1. The van der Waals surface area contributed by atoms with Crippen LogP contribution in [0.2, 0.25) is 0 Å². The van der Waals surface area contributed by atoms with E-state index in [0.29, 0.717) is 11.7 Å². The maximum absolute atomic E-state index is 12.6. The third-order valence-corrected chi connectivity index (χ3v) is 6.13. The molecule has 0 aromatic heterocycles. The lowest BCUT2D eigenvalue weighted by Gasteiger charge is -2.29. The summed E-state index contributed by atoms with van der Waals surface area (Å²) >= 11 is 3.32. The second kappa shape index (κ2) is 7.11. The summed E-state index contributed by atoms with van der Waals surface area (Å²) in [5.41, 5.74) is 0. The summed E-state index contributed by atoms with van der Waals surface area (Å²) in [7, 11) is -2.08. The molecule has 2 unspecified atom stereocenters. The van der Waals surface area contributed by atoms with Crippen LogP contribution in [0.4, 0.5) is 0 Å². The molecule has 118 valence electrons. The number of rotatable bonds is 5. The second-order valence-electron chi connectivity index (χ2n) is 5.55. The normalized spacial score (nSPS) is 23.0. The van der Waals surface area contributed by atoms with Gasteiger partial charge in [-0.3, -0.25) is 0 Å². The Kier molecular flexibility index (Phi) is 5.68. The lowest BCUT2D eigenvalue weighted by atomic mass is 9.85. The van der Waals surface area contributed by atoms with Crippen LogP contribution in [0, 0.1) is 5.92 Å². The lowest BCUT2D eigenvalue weighted by Crippen LogP contribution is -2.38. The Morgan fingerprint density at radius 3 is 2.81 bits per heavy atom. The van der Waals surface area contributed by atoms with Gasteiger partial charge in [-0.2, -0.15) is 0 Å². The molecular formula is C15H22BrNO3S. The minimum absolute atomic E-state index is 0.0254. The van der Waals surface area contributed by atoms with Crippen molar-refractivity contribution in [1.82, 2.24) is 4.72 Å². The van der Waals surface area contributed by atoms with Crippen LogP contribution in [0.15, 0.2) is 27.6 Å². The Hall–Kier alpha value is -0.590. The molecule has 0 saturated heterocycles. The van der Waals surface area contributed by atoms with E-state index in [2.05, 4.69) is 27.6 Å². The van der Waals surface area contributed by atoms with Crippen LogP contribution < -0.4 is 9.46 Å². The second-order valence-corrected chi connectivity index (χ2v) is 8.15. The van der Waals surface area contributed by atoms with Gasteiger partial charge in [-0.15, -0.1) is 0 Å². The van der Waals surface area contributed by atoms with Crippen LogP contribution in [-0.2, 0) is 10.0 Å². The number of ether oxygens (including phenoxy) is 1. The van der Waals surface area contributed by atoms with E-state index in [1.807, 2.05) is 0 Å². The molecule has 1 N–H and O–H groups in total. The third-order valence-electron chi connectivity index (χ3n) is 4.10. The SMILES string of the molecule is CCC1CCCC(NS(=O)(=O)c2cc(Br)ccc2OC)C1. The Labute approximate surface area is 135 Å².